The third-order valence-electron chi connectivity index (χ3n) is 2.88. The fourth-order valence-corrected chi connectivity index (χ4v) is 1.67. The number of aryl methyl sites for hydroxylation is 1. The van der Waals surface area contributed by atoms with Crippen molar-refractivity contribution in [2.75, 3.05) is 17.2 Å². The van der Waals surface area contributed by atoms with Gasteiger partial charge in [-0.2, -0.15) is 0 Å². The molecule has 21 heavy (non-hydrogen) atoms. The van der Waals surface area contributed by atoms with E-state index in [1.165, 1.54) is 6.07 Å². The highest BCUT2D eigenvalue weighted by Crippen LogP contribution is 2.14. The van der Waals surface area contributed by atoms with Crippen LogP contribution >= 0.6 is 0 Å². The van der Waals surface area contributed by atoms with Gasteiger partial charge >= 0.3 is 0 Å². The number of anilines is 2. The number of nitrogens with zero attached hydrogens (tertiary/aromatic N) is 2. The molecule has 1 amide bonds. The molecule has 0 spiro atoms. The first-order chi connectivity index (χ1) is 10.1. The third-order valence-corrected chi connectivity index (χ3v) is 2.88. The monoisotopic (exact) mass is 288 g/mol. The zero-order chi connectivity index (χ0) is 15.2. The van der Waals surface area contributed by atoms with Crippen LogP contribution in [0, 0.1) is 12.7 Å². The van der Waals surface area contributed by atoms with Gasteiger partial charge in [0, 0.05) is 12.2 Å². The maximum atomic E-state index is 13.4. The molecule has 0 aliphatic heterocycles. The molecule has 0 fully saturated rings. The summed E-state index contributed by atoms with van der Waals surface area (Å²) < 4.78 is 13.4. The Morgan fingerprint density at radius 2 is 2.05 bits per heavy atom. The van der Waals surface area contributed by atoms with Gasteiger partial charge in [-0.15, -0.1) is 10.2 Å². The van der Waals surface area contributed by atoms with Crippen LogP contribution in [0.2, 0.25) is 0 Å². The van der Waals surface area contributed by atoms with Crippen molar-refractivity contribution in [1.82, 2.24) is 10.2 Å². The molecule has 0 atom stereocenters. The number of aromatic nitrogens is 2. The van der Waals surface area contributed by atoms with Gasteiger partial charge in [0.2, 0.25) is 0 Å². The van der Waals surface area contributed by atoms with Crippen molar-refractivity contribution in [2.45, 2.75) is 20.3 Å². The van der Waals surface area contributed by atoms with Gasteiger partial charge < -0.3 is 10.6 Å². The number of benzene rings is 1. The van der Waals surface area contributed by atoms with Gasteiger partial charge in [-0.05, 0) is 43.2 Å². The minimum atomic E-state index is -0.423. The third kappa shape index (κ3) is 3.98. The number of hydrogen-bond acceptors (Lipinski definition) is 4. The SMILES string of the molecule is CCCNc1ccc(C(=O)Nc2ccc(C)c(F)c2)nn1. The van der Waals surface area contributed by atoms with E-state index in [1.807, 2.05) is 6.92 Å². The molecule has 0 unspecified atom stereocenters. The van der Waals surface area contributed by atoms with Gasteiger partial charge in [0.1, 0.15) is 11.6 Å². The summed E-state index contributed by atoms with van der Waals surface area (Å²) in [7, 11) is 0. The molecule has 0 aliphatic carbocycles. The lowest BCUT2D eigenvalue weighted by Crippen LogP contribution is -2.15. The van der Waals surface area contributed by atoms with Crippen LogP contribution in [0.1, 0.15) is 29.4 Å². The Morgan fingerprint density at radius 3 is 2.67 bits per heavy atom. The Balaban J connectivity index is 2.04. The summed E-state index contributed by atoms with van der Waals surface area (Å²) in [6, 6.07) is 7.78. The van der Waals surface area contributed by atoms with E-state index in [4.69, 9.17) is 0 Å². The maximum absolute atomic E-state index is 13.4. The minimum Gasteiger partial charge on any atom is -0.369 e. The molecule has 2 N–H and O–H groups in total. The van der Waals surface area contributed by atoms with Gasteiger partial charge in [0.05, 0.1) is 0 Å². The van der Waals surface area contributed by atoms with Crippen molar-refractivity contribution in [1.29, 1.82) is 0 Å². The Hall–Kier alpha value is -2.50. The van der Waals surface area contributed by atoms with Crippen LogP contribution in [0.3, 0.4) is 0 Å². The van der Waals surface area contributed by atoms with E-state index in [-0.39, 0.29) is 11.5 Å². The zero-order valence-electron chi connectivity index (χ0n) is 12.0. The molecule has 1 aromatic heterocycles. The van der Waals surface area contributed by atoms with Gasteiger partial charge in [-0.3, -0.25) is 4.79 Å². The molecule has 2 aromatic rings. The predicted molar refractivity (Wildman–Crippen MR) is 79.9 cm³/mol. The Morgan fingerprint density at radius 1 is 1.24 bits per heavy atom. The lowest BCUT2D eigenvalue weighted by molar-refractivity contribution is 0.102. The standard InChI is InChI=1S/C15H17FN4O/c1-3-8-17-14-7-6-13(19-20-14)15(21)18-11-5-4-10(2)12(16)9-11/h4-7,9H,3,8H2,1-2H3,(H,17,20)(H,18,21). The molecule has 0 radical (unpaired) electrons. The highest BCUT2D eigenvalue weighted by Gasteiger charge is 2.09. The average molecular weight is 288 g/mol. The summed E-state index contributed by atoms with van der Waals surface area (Å²) in [6.45, 7) is 4.50. The Labute approximate surface area is 122 Å². The summed E-state index contributed by atoms with van der Waals surface area (Å²) in [4.78, 5) is 12.0. The predicted octanol–water partition coefficient (Wildman–Crippen LogP) is 3.00. The minimum absolute atomic E-state index is 0.179. The smallest absolute Gasteiger partial charge is 0.276 e. The number of carbonyl (C=O) groups excluding carboxylic acids is 1. The Kier molecular flexibility index (Phi) is 4.81. The summed E-state index contributed by atoms with van der Waals surface area (Å²) in [5, 5.41) is 13.4. The number of carbonyl (C=O) groups is 1. The van der Waals surface area contributed by atoms with Gasteiger partial charge in [-0.25, -0.2) is 4.39 Å². The quantitative estimate of drug-likeness (QED) is 0.887. The Bertz CT molecular complexity index is 628. The first-order valence-electron chi connectivity index (χ1n) is 6.75. The topological polar surface area (TPSA) is 66.9 Å². The zero-order valence-corrected chi connectivity index (χ0v) is 12.0. The van der Waals surface area contributed by atoms with Crippen LogP contribution in [0.15, 0.2) is 30.3 Å². The van der Waals surface area contributed by atoms with Crippen LogP contribution in [-0.4, -0.2) is 22.6 Å². The lowest BCUT2D eigenvalue weighted by atomic mass is 10.2. The average Bonchev–Trinajstić information content (AvgIpc) is 2.49. The van der Waals surface area contributed by atoms with E-state index < -0.39 is 5.91 Å². The first kappa shape index (κ1) is 14.9. The number of nitrogens with one attached hydrogen (secondary N) is 2. The number of amides is 1. The second-order valence-corrected chi connectivity index (χ2v) is 4.65. The van der Waals surface area contributed by atoms with Crippen molar-refractivity contribution in [3.8, 4) is 0 Å². The van der Waals surface area contributed by atoms with Crippen molar-refractivity contribution >= 4 is 17.4 Å². The van der Waals surface area contributed by atoms with Crippen molar-refractivity contribution in [3.05, 3.63) is 47.4 Å². The first-order valence-corrected chi connectivity index (χ1v) is 6.75. The van der Waals surface area contributed by atoms with E-state index in [0.29, 0.717) is 17.1 Å². The molecule has 0 saturated heterocycles. The van der Waals surface area contributed by atoms with Crippen LogP contribution in [-0.2, 0) is 0 Å². The number of hydrogen-bond donors (Lipinski definition) is 2. The van der Waals surface area contributed by atoms with E-state index in [2.05, 4.69) is 20.8 Å². The van der Waals surface area contributed by atoms with E-state index in [0.717, 1.165) is 13.0 Å². The highest BCUT2D eigenvalue weighted by atomic mass is 19.1. The van der Waals surface area contributed by atoms with E-state index in [9.17, 15) is 9.18 Å². The van der Waals surface area contributed by atoms with Gasteiger partial charge in [-0.1, -0.05) is 13.0 Å². The van der Waals surface area contributed by atoms with Crippen LogP contribution in [0.5, 0.6) is 0 Å². The molecule has 0 aliphatic rings. The molecular formula is C15H17FN4O. The van der Waals surface area contributed by atoms with Crippen molar-refractivity contribution in [2.24, 2.45) is 0 Å². The molecule has 5 nitrogen and oxygen atoms in total. The van der Waals surface area contributed by atoms with E-state index >= 15 is 0 Å². The maximum Gasteiger partial charge on any atom is 0.276 e. The summed E-state index contributed by atoms with van der Waals surface area (Å²) in [6.07, 6.45) is 0.975. The molecule has 6 heteroatoms. The van der Waals surface area contributed by atoms with Crippen LogP contribution < -0.4 is 10.6 Å². The molecule has 0 saturated carbocycles. The summed E-state index contributed by atoms with van der Waals surface area (Å²) in [5.41, 5.74) is 1.09. The van der Waals surface area contributed by atoms with Crippen molar-refractivity contribution < 1.29 is 9.18 Å². The molecule has 2 rings (SSSR count). The van der Waals surface area contributed by atoms with E-state index in [1.54, 1.807) is 31.2 Å². The summed E-state index contributed by atoms with van der Waals surface area (Å²) in [5.74, 6) is -0.166. The largest absolute Gasteiger partial charge is 0.369 e. The molecular weight excluding hydrogens is 271 g/mol. The fraction of sp³-hybridized carbons (Fsp3) is 0.267. The second kappa shape index (κ2) is 6.78. The lowest BCUT2D eigenvalue weighted by Gasteiger charge is -2.06. The second-order valence-electron chi connectivity index (χ2n) is 4.65. The van der Waals surface area contributed by atoms with Crippen LogP contribution in [0.25, 0.3) is 0 Å². The van der Waals surface area contributed by atoms with Crippen molar-refractivity contribution in [3.63, 3.8) is 0 Å². The fourth-order valence-electron chi connectivity index (χ4n) is 1.67. The van der Waals surface area contributed by atoms with Gasteiger partial charge in [0.25, 0.3) is 5.91 Å². The molecule has 1 aromatic carbocycles. The normalized spacial score (nSPS) is 10.2. The van der Waals surface area contributed by atoms with Gasteiger partial charge in [0.15, 0.2) is 5.69 Å². The summed E-state index contributed by atoms with van der Waals surface area (Å²) >= 11 is 0. The number of rotatable bonds is 5. The molecule has 110 valence electrons. The highest BCUT2D eigenvalue weighted by molar-refractivity contribution is 6.02. The van der Waals surface area contributed by atoms with Crippen LogP contribution in [0.4, 0.5) is 15.9 Å². The number of halogens is 1. The molecule has 0 bridgehead atoms. The molecule has 1 heterocycles.